The standard InChI is InChI=1S/C16H17F2N5O/c17-6-11-2-1-10(7-20-11)14-5-12(22-9-23-14)8-21-16(24)15-13(18)3-4-19-15/h1-2,5,7,9,13,15,19H,3-4,6,8H2,(H,21,24)/t13-,15-/m0/s1. The highest BCUT2D eigenvalue weighted by Crippen LogP contribution is 2.17. The van der Waals surface area contributed by atoms with Crippen molar-refractivity contribution < 1.29 is 13.6 Å². The zero-order chi connectivity index (χ0) is 16.9. The molecule has 0 bridgehead atoms. The van der Waals surface area contributed by atoms with E-state index < -0.39 is 18.9 Å². The van der Waals surface area contributed by atoms with Crippen LogP contribution in [-0.4, -0.2) is 39.6 Å². The molecule has 3 heterocycles. The number of hydrogen-bond donors (Lipinski definition) is 2. The summed E-state index contributed by atoms with van der Waals surface area (Å²) in [6.07, 6.45) is 2.10. The van der Waals surface area contributed by atoms with E-state index >= 15 is 0 Å². The van der Waals surface area contributed by atoms with E-state index in [0.29, 0.717) is 30.0 Å². The van der Waals surface area contributed by atoms with Crippen LogP contribution in [0.15, 0.2) is 30.7 Å². The minimum Gasteiger partial charge on any atom is -0.349 e. The Hall–Kier alpha value is -2.48. The van der Waals surface area contributed by atoms with Crippen LogP contribution in [0.5, 0.6) is 0 Å². The van der Waals surface area contributed by atoms with Crippen molar-refractivity contribution in [2.45, 2.75) is 31.9 Å². The molecule has 3 rings (SSSR count). The van der Waals surface area contributed by atoms with E-state index in [-0.39, 0.29) is 12.5 Å². The number of halogens is 2. The van der Waals surface area contributed by atoms with Crippen LogP contribution in [0.25, 0.3) is 11.3 Å². The lowest BCUT2D eigenvalue weighted by molar-refractivity contribution is -0.124. The molecule has 2 N–H and O–H groups in total. The molecule has 0 spiro atoms. The van der Waals surface area contributed by atoms with Gasteiger partial charge < -0.3 is 10.6 Å². The Kier molecular flexibility index (Phi) is 5.05. The molecule has 2 atom stereocenters. The van der Waals surface area contributed by atoms with Gasteiger partial charge in [-0.15, -0.1) is 0 Å². The van der Waals surface area contributed by atoms with E-state index in [9.17, 15) is 13.6 Å². The first-order valence-corrected chi connectivity index (χ1v) is 7.64. The number of nitrogens with zero attached hydrogens (tertiary/aromatic N) is 3. The van der Waals surface area contributed by atoms with Crippen molar-refractivity contribution in [2.75, 3.05) is 6.54 Å². The van der Waals surface area contributed by atoms with Crippen LogP contribution in [-0.2, 0) is 18.0 Å². The Bertz CT molecular complexity index is 710. The predicted octanol–water partition coefficient (Wildman–Crippen LogP) is 1.32. The van der Waals surface area contributed by atoms with Gasteiger partial charge in [0.2, 0.25) is 5.91 Å². The molecule has 2 aromatic heterocycles. The second-order valence-electron chi connectivity index (χ2n) is 5.52. The fraction of sp³-hybridized carbons (Fsp3) is 0.375. The van der Waals surface area contributed by atoms with Gasteiger partial charge in [0, 0.05) is 11.8 Å². The van der Waals surface area contributed by atoms with E-state index in [1.807, 2.05) is 0 Å². The van der Waals surface area contributed by atoms with Crippen LogP contribution in [0.4, 0.5) is 8.78 Å². The first-order chi connectivity index (χ1) is 11.7. The van der Waals surface area contributed by atoms with Crippen LogP contribution in [0, 0.1) is 0 Å². The molecule has 0 radical (unpaired) electrons. The van der Waals surface area contributed by atoms with Crippen molar-refractivity contribution in [2.24, 2.45) is 0 Å². The highest BCUT2D eigenvalue weighted by molar-refractivity contribution is 5.82. The van der Waals surface area contributed by atoms with Gasteiger partial charge in [-0.25, -0.2) is 18.7 Å². The molecule has 1 saturated heterocycles. The molecule has 0 unspecified atom stereocenters. The third-order valence-electron chi connectivity index (χ3n) is 3.85. The molecule has 0 aromatic carbocycles. The van der Waals surface area contributed by atoms with E-state index in [1.165, 1.54) is 12.5 Å². The molecule has 126 valence electrons. The summed E-state index contributed by atoms with van der Waals surface area (Å²) in [5, 5.41) is 5.50. The van der Waals surface area contributed by atoms with Gasteiger partial charge in [0.25, 0.3) is 0 Å². The molecule has 1 aliphatic heterocycles. The maximum absolute atomic E-state index is 13.5. The van der Waals surface area contributed by atoms with Crippen molar-refractivity contribution in [1.82, 2.24) is 25.6 Å². The second-order valence-corrected chi connectivity index (χ2v) is 5.52. The molecule has 1 fully saturated rings. The monoisotopic (exact) mass is 333 g/mol. The summed E-state index contributed by atoms with van der Waals surface area (Å²) in [5.74, 6) is -0.380. The van der Waals surface area contributed by atoms with Gasteiger partial charge in [0.1, 0.15) is 25.2 Å². The quantitative estimate of drug-likeness (QED) is 0.863. The second kappa shape index (κ2) is 7.39. The number of nitrogens with one attached hydrogen (secondary N) is 2. The number of rotatable bonds is 5. The lowest BCUT2D eigenvalue weighted by atomic mass is 10.1. The van der Waals surface area contributed by atoms with Gasteiger partial charge >= 0.3 is 0 Å². The average molecular weight is 333 g/mol. The van der Waals surface area contributed by atoms with Gasteiger partial charge in [-0.3, -0.25) is 9.78 Å². The summed E-state index contributed by atoms with van der Waals surface area (Å²) in [6, 6.07) is 4.22. The minimum atomic E-state index is -1.16. The molecule has 8 heteroatoms. The topological polar surface area (TPSA) is 79.8 Å². The maximum atomic E-state index is 13.5. The molecule has 24 heavy (non-hydrogen) atoms. The first kappa shape index (κ1) is 16.4. The number of amides is 1. The van der Waals surface area contributed by atoms with Gasteiger partial charge in [-0.1, -0.05) is 0 Å². The number of aromatic nitrogens is 3. The highest BCUT2D eigenvalue weighted by Gasteiger charge is 2.32. The van der Waals surface area contributed by atoms with Gasteiger partial charge in [-0.2, -0.15) is 0 Å². The third-order valence-corrected chi connectivity index (χ3v) is 3.85. The third kappa shape index (κ3) is 3.70. The highest BCUT2D eigenvalue weighted by atomic mass is 19.1. The van der Waals surface area contributed by atoms with Crippen LogP contribution < -0.4 is 10.6 Å². The molecule has 6 nitrogen and oxygen atoms in total. The Morgan fingerprint density at radius 1 is 1.29 bits per heavy atom. The van der Waals surface area contributed by atoms with E-state index in [1.54, 1.807) is 18.2 Å². The molecule has 0 saturated carbocycles. The SMILES string of the molecule is O=C(NCc1cc(-c2ccc(CF)nc2)ncn1)[C@H]1NCC[C@@H]1F. The van der Waals surface area contributed by atoms with Crippen LogP contribution >= 0.6 is 0 Å². The van der Waals surface area contributed by atoms with Crippen molar-refractivity contribution in [3.8, 4) is 11.3 Å². The van der Waals surface area contributed by atoms with Gasteiger partial charge in [0.15, 0.2) is 0 Å². The smallest absolute Gasteiger partial charge is 0.240 e. The van der Waals surface area contributed by atoms with Gasteiger partial charge in [0.05, 0.1) is 23.6 Å². The number of hydrogen-bond acceptors (Lipinski definition) is 5. The summed E-state index contributed by atoms with van der Waals surface area (Å²) in [6.45, 7) is 0.0557. The summed E-state index contributed by atoms with van der Waals surface area (Å²) < 4.78 is 26.0. The Morgan fingerprint density at radius 3 is 2.83 bits per heavy atom. The summed E-state index contributed by atoms with van der Waals surface area (Å²) >= 11 is 0. The zero-order valence-electron chi connectivity index (χ0n) is 12.9. The van der Waals surface area contributed by atoms with Crippen molar-refractivity contribution in [3.63, 3.8) is 0 Å². The fourth-order valence-corrected chi connectivity index (χ4v) is 2.52. The molecule has 1 amide bonds. The molecule has 2 aromatic rings. The molecule has 1 aliphatic rings. The summed E-state index contributed by atoms with van der Waals surface area (Å²) in [7, 11) is 0. The van der Waals surface area contributed by atoms with Gasteiger partial charge in [-0.05, 0) is 31.2 Å². The van der Waals surface area contributed by atoms with Crippen molar-refractivity contribution in [1.29, 1.82) is 0 Å². The fourth-order valence-electron chi connectivity index (χ4n) is 2.52. The lowest BCUT2D eigenvalue weighted by Crippen LogP contribution is -2.44. The van der Waals surface area contributed by atoms with Crippen LogP contribution in [0.3, 0.4) is 0 Å². The molecule has 0 aliphatic carbocycles. The van der Waals surface area contributed by atoms with Crippen molar-refractivity contribution >= 4 is 5.91 Å². The van der Waals surface area contributed by atoms with E-state index in [0.717, 1.165) is 5.56 Å². The lowest BCUT2D eigenvalue weighted by Gasteiger charge is -2.13. The zero-order valence-corrected chi connectivity index (χ0v) is 12.9. The number of pyridine rings is 1. The summed E-state index contributed by atoms with van der Waals surface area (Å²) in [4.78, 5) is 24.2. The largest absolute Gasteiger partial charge is 0.349 e. The van der Waals surface area contributed by atoms with Crippen LogP contribution in [0.2, 0.25) is 0 Å². The maximum Gasteiger partial charge on any atom is 0.240 e. The number of alkyl halides is 2. The van der Waals surface area contributed by atoms with E-state index in [4.69, 9.17) is 0 Å². The first-order valence-electron chi connectivity index (χ1n) is 7.64. The minimum absolute atomic E-state index is 0.176. The molecular formula is C16H17F2N5O. The normalized spacial score (nSPS) is 20.1. The Morgan fingerprint density at radius 2 is 2.17 bits per heavy atom. The van der Waals surface area contributed by atoms with Crippen LogP contribution in [0.1, 0.15) is 17.8 Å². The molecular weight excluding hydrogens is 316 g/mol. The summed E-state index contributed by atoms with van der Waals surface area (Å²) in [5.41, 5.74) is 2.29. The Balaban J connectivity index is 1.65. The number of carbonyl (C=O) groups excluding carboxylic acids is 1. The average Bonchev–Trinajstić information content (AvgIpc) is 3.06. The number of carbonyl (C=O) groups is 1. The van der Waals surface area contributed by atoms with Crippen molar-refractivity contribution in [3.05, 3.63) is 42.1 Å². The Labute approximate surface area is 137 Å². The van der Waals surface area contributed by atoms with E-state index in [2.05, 4.69) is 25.6 Å². The predicted molar refractivity (Wildman–Crippen MR) is 83.2 cm³/mol.